The molecule has 0 saturated carbocycles. The highest BCUT2D eigenvalue weighted by molar-refractivity contribution is 6.01. The zero-order valence-electron chi connectivity index (χ0n) is 12.9. The summed E-state index contributed by atoms with van der Waals surface area (Å²) in [5.74, 6) is 0.748. The van der Waals surface area contributed by atoms with Crippen LogP contribution in [0.2, 0.25) is 0 Å². The van der Waals surface area contributed by atoms with Crippen LogP contribution in [-0.2, 0) is 13.0 Å². The van der Waals surface area contributed by atoms with Gasteiger partial charge in [0, 0.05) is 11.1 Å². The predicted molar refractivity (Wildman–Crippen MR) is 82.7 cm³/mol. The van der Waals surface area contributed by atoms with Gasteiger partial charge in [0.1, 0.15) is 24.1 Å². The van der Waals surface area contributed by atoms with E-state index in [0.717, 1.165) is 29.0 Å². The summed E-state index contributed by atoms with van der Waals surface area (Å²) in [5, 5.41) is 20.3. The molecule has 2 aromatic rings. The summed E-state index contributed by atoms with van der Waals surface area (Å²) >= 11 is 0. The van der Waals surface area contributed by atoms with E-state index in [4.69, 9.17) is 4.74 Å². The Morgan fingerprint density at radius 3 is 2.95 bits per heavy atom. The van der Waals surface area contributed by atoms with Crippen molar-refractivity contribution in [3.63, 3.8) is 0 Å². The second kappa shape index (κ2) is 5.32. The van der Waals surface area contributed by atoms with Gasteiger partial charge in [0.05, 0.1) is 19.3 Å². The highest BCUT2D eigenvalue weighted by Gasteiger charge is 2.30. The lowest BCUT2D eigenvalue weighted by Gasteiger charge is -2.18. The molecule has 1 aliphatic rings. The van der Waals surface area contributed by atoms with Gasteiger partial charge in [-0.3, -0.25) is 0 Å². The number of rotatable bonds is 4. The average Bonchev–Trinajstić information content (AvgIpc) is 3.08. The van der Waals surface area contributed by atoms with Gasteiger partial charge in [-0.25, -0.2) is 9.67 Å². The Bertz CT molecular complexity index is 707. The van der Waals surface area contributed by atoms with E-state index in [1.165, 1.54) is 6.33 Å². The van der Waals surface area contributed by atoms with Crippen LogP contribution in [0.15, 0.2) is 29.9 Å². The van der Waals surface area contributed by atoms with Gasteiger partial charge in [-0.05, 0) is 38.0 Å². The Kier molecular flexibility index (Phi) is 3.48. The number of anilines is 1. The molecular formula is C15H19N5O2. The lowest BCUT2D eigenvalue weighted by molar-refractivity contribution is 0.317. The van der Waals surface area contributed by atoms with E-state index in [2.05, 4.69) is 34.4 Å². The average molecular weight is 301 g/mol. The van der Waals surface area contributed by atoms with Crippen LogP contribution in [0.25, 0.3) is 0 Å². The van der Waals surface area contributed by atoms with Gasteiger partial charge in [0.2, 0.25) is 0 Å². The van der Waals surface area contributed by atoms with Crippen LogP contribution in [0.3, 0.4) is 0 Å². The van der Waals surface area contributed by atoms with Crippen LogP contribution < -0.4 is 10.1 Å². The predicted octanol–water partition coefficient (Wildman–Crippen LogP) is 1.91. The maximum Gasteiger partial charge on any atom is 0.142 e. The molecule has 0 amide bonds. The van der Waals surface area contributed by atoms with Crippen molar-refractivity contribution in [2.24, 2.45) is 5.16 Å². The number of fused-ring (bicyclic) bond motifs is 1. The fourth-order valence-corrected chi connectivity index (χ4v) is 2.79. The molecule has 116 valence electrons. The molecule has 1 aromatic carbocycles. The zero-order valence-corrected chi connectivity index (χ0v) is 12.9. The number of benzene rings is 1. The van der Waals surface area contributed by atoms with Crippen LogP contribution in [0.5, 0.6) is 5.75 Å². The third-order valence-electron chi connectivity index (χ3n) is 3.73. The fourth-order valence-electron chi connectivity index (χ4n) is 2.79. The summed E-state index contributed by atoms with van der Waals surface area (Å²) in [6.45, 7) is 4.63. The normalized spacial score (nSPS) is 16.2. The van der Waals surface area contributed by atoms with Crippen molar-refractivity contribution in [3.8, 4) is 5.75 Å². The quantitative estimate of drug-likeness (QED) is 0.512. The highest BCUT2D eigenvalue weighted by Crippen LogP contribution is 2.40. The molecule has 2 heterocycles. The Morgan fingerprint density at radius 1 is 1.50 bits per heavy atom. The molecule has 0 radical (unpaired) electrons. The van der Waals surface area contributed by atoms with Gasteiger partial charge in [-0.15, -0.1) is 0 Å². The molecular weight excluding hydrogens is 282 g/mol. The first-order chi connectivity index (χ1) is 10.5. The van der Waals surface area contributed by atoms with E-state index in [9.17, 15) is 5.21 Å². The van der Waals surface area contributed by atoms with Crippen molar-refractivity contribution in [2.45, 2.75) is 32.4 Å². The number of nitrogens with one attached hydrogen (secondary N) is 1. The van der Waals surface area contributed by atoms with Gasteiger partial charge in [-0.1, -0.05) is 5.16 Å². The van der Waals surface area contributed by atoms with Crippen molar-refractivity contribution < 1.29 is 9.94 Å². The summed E-state index contributed by atoms with van der Waals surface area (Å²) in [5.41, 5.74) is 3.47. The van der Waals surface area contributed by atoms with E-state index >= 15 is 0 Å². The van der Waals surface area contributed by atoms with Crippen LogP contribution in [0, 0.1) is 0 Å². The van der Waals surface area contributed by atoms with Gasteiger partial charge in [0.15, 0.2) is 0 Å². The van der Waals surface area contributed by atoms with Crippen molar-refractivity contribution in [2.75, 3.05) is 12.4 Å². The maximum absolute atomic E-state index is 9.36. The third-order valence-corrected chi connectivity index (χ3v) is 3.73. The summed E-state index contributed by atoms with van der Waals surface area (Å²) in [6, 6.07) is 3.91. The Morgan fingerprint density at radius 2 is 2.32 bits per heavy atom. The molecule has 0 atom stereocenters. The first kappa shape index (κ1) is 14.4. The molecule has 0 spiro atoms. The minimum Gasteiger partial charge on any atom is -0.495 e. The van der Waals surface area contributed by atoms with E-state index in [0.29, 0.717) is 12.3 Å². The number of oxime groups is 1. The number of hydrogen-bond acceptors (Lipinski definition) is 6. The second-order valence-corrected chi connectivity index (χ2v) is 6.04. The lowest BCUT2D eigenvalue weighted by atomic mass is 9.98. The zero-order chi connectivity index (χ0) is 15.7. The summed E-state index contributed by atoms with van der Waals surface area (Å²) in [7, 11) is 1.64. The topological polar surface area (TPSA) is 84.6 Å². The van der Waals surface area contributed by atoms with Gasteiger partial charge in [-0.2, -0.15) is 5.10 Å². The van der Waals surface area contributed by atoms with Crippen LogP contribution in [0.1, 0.15) is 25.0 Å². The van der Waals surface area contributed by atoms with Crippen LogP contribution in [0.4, 0.5) is 5.69 Å². The van der Waals surface area contributed by atoms with Crippen molar-refractivity contribution in [1.82, 2.24) is 14.8 Å². The van der Waals surface area contributed by atoms with E-state index in [1.54, 1.807) is 18.1 Å². The number of aromatic nitrogens is 3. The smallest absolute Gasteiger partial charge is 0.142 e. The number of hydrogen-bond donors (Lipinski definition) is 2. The second-order valence-electron chi connectivity index (χ2n) is 6.04. The number of ether oxygens (including phenoxy) is 1. The number of nitrogens with zero attached hydrogens (tertiary/aromatic N) is 4. The van der Waals surface area contributed by atoms with Crippen molar-refractivity contribution in [3.05, 3.63) is 35.9 Å². The number of methoxy groups -OCH3 is 1. The molecule has 1 aromatic heterocycles. The Labute approximate surface area is 128 Å². The van der Waals surface area contributed by atoms with Crippen LogP contribution in [-0.4, -0.2) is 38.3 Å². The summed E-state index contributed by atoms with van der Waals surface area (Å²) < 4.78 is 7.10. The summed E-state index contributed by atoms with van der Waals surface area (Å²) in [6.07, 6.45) is 3.92. The molecule has 0 saturated heterocycles. The highest BCUT2D eigenvalue weighted by atomic mass is 16.5. The molecule has 2 N–H and O–H groups in total. The molecule has 7 heteroatoms. The monoisotopic (exact) mass is 301 g/mol. The largest absolute Gasteiger partial charge is 0.495 e. The van der Waals surface area contributed by atoms with Gasteiger partial charge >= 0.3 is 0 Å². The minimum atomic E-state index is -0.0172. The lowest BCUT2D eigenvalue weighted by Crippen LogP contribution is -2.27. The first-order valence-electron chi connectivity index (χ1n) is 7.05. The Hall–Kier alpha value is -2.57. The fraction of sp³-hybridized carbons (Fsp3) is 0.400. The molecule has 7 nitrogen and oxygen atoms in total. The summed E-state index contributed by atoms with van der Waals surface area (Å²) in [4.78, 5) is 3.89. The first-order valence-corrected chi connectivity index (χ1v) is 7.05. The molecule has 22 heavy (non-hydrogen) atoms. The van der Waals surface area contributed by atoms with Crippen molar-refractivity contribution in [1.29, 1.82) is 0 Å². The molecule has 0 bridgehead atoms. The maximum atomic E-state index is 9.36. The SMILES string of the molecule is COc1cc(/C(Cn2cncn2)=N/O)cc2c1NC(C)(C)C2. The molecule has 1 aliphatic heterocycles. The standard InChI is InChI=1S/C15H19N5O2/c1-15(2)6-11-4-10(5-13(22-3)14(11)18-15)12(19-21)7-20-9-16-8-17-20/h4-5,8-9,18,21H,6-7H2,1-3H3/b19-12+. The third kappa shape index (κ3) is 2.61. The van der Waals surface area contributed by atoms with Gasteiger partial charge in [0.25, 0.3) is 0 Å². The van der Waals surface area contributed by atoms with Crippen molar-refractivity contribution >= 4 is 11.4 Å². The van der Waals surface area contributed by atoms with E-state index in [1.807, 2.05) is 12.1 Å². The van der Waals surface area contributed by atoms with Gasteiger partial charge < -0.3 is 15.3 Å². The molecule has 0 fully saturated rings. The van der Waals surface area contributed by atoms with E-state index < -0.39 is 0 Å². The minimum absolute atomic E-state index is 0.0172. The van der Waals surface area contributed by atoms with Crippen LogP contribution >= 0.6 is 0 Å². The Balaban J connectivity index is 1.98. The molecule has 0 unspecified atom stereocenters. The molecule has 0 aliphatic carbocycles. The van der Waals surface area contributed by atoms with E-state index in [-0.39, 0.29) is 5.54 Å². The molecule has 3 rings (SSSR count).